The van der Waals surface area contributed by atoms with Gasteiger partial charge in [-0.15, -0.1) is 0 Å². The molecule has 1 aliphatic heterocycles. The fraction of sp³-hybridized carbons (Fsp3) is 0.667. The van der Waals surface area contributed by atoms with Crippen molar-refractivity contribution >= 4 is 5.96 Å². The van der Waals surface area contributed by atoms with Gasteiger partial charge < -0.3 is 24.4 Å². The van der Waals surface area contributed by atoms with Crippen LogP contribution in [0.3, 0.4) is 0 Å². The number of benzene rings is 1. The van der Waals surface area contributed by atoms with Crippen molar-refractivity contribution in [1.29, 1.82) is 0 Å². The SMILES string of the molecule is CCNC(=NCCOc1cc(C)cc(C)c1)N1CCC(COCCOC)C1. The van der Waals surface area contributed by atoms with Crippen molar-refractivity contribution in [2.75, 3.05) is 59.7 Å². The number of aliphatic imine (C=N–C) groups is 1. The number of rotatable bonds is 10. The van der Waals surface area contributed by atoms with Crippen LogP contribution in [0.2, 0.25) is 0 Å². The topological polar surface area (TPSA) is 55.3 Å². The van der Waals surface area contributed by atoms with Gasteiger partial charge in [0.1, 0.15) is 12.4 Å². The van der Waals surface area contributed by atoms with E-state index in [1.54, 1.807) is 7.11 Å². The van der Waals surface area contributed by atoms with Crippen LogP contribution in [-0.4, -0.2) is 70.6 Å². The molecule has 0 aliphatic carbocycles. The normalized spacial score (nSPS) is 17.4. The summed E-state index contributed by atoms with van der Waals surface area (Å²) in [5, 5.41) is 3.40. The van der Waals surface area contributed by atoms with E-state index < -0.39 is 0 Å². The number of aryl methyl sites for hydroxylation is 2. The molecule has 1 aromatic rings. The summed E-state index contributed by atoms with van der Waals surface area (Å²) in [5.41, 5.74) is 2.44. The zero-order valence-corrected chi connectivity index (χ0v) is 17.3. The van der Waals surface area contributed by atoms with Crippen LogP contribution < -0.4 is 10.1 Å². The largest absolute Gasteiger partial charge is 0.492 e. The van der Waals surface area contributed by atoms with E-state index in [0.29, 0.717) is 32.3 Å². The Labute approximate surface area is 163 Å². The van der Waals surface area contributed by atoms with E-state index in [0.717, 1.165) is 44.4 Å². The lowest BCUT2D eigenvalue weighted by molar-refractivity contribution is 0.0536. The first-order valence-corrected chi connectivity index (χ1v) is 9.93. The van der Waals surface area contributed by atoms with Gasteiger partial charge in [-0.2, -0.15) is 0 Å². The van der Waals surface area contributed by atoms with Gasteiger partial charge in [0, 0.05) is 32.7 Å². The molecule has 152 valence electrons. The molecule has 1 atom stereocenters. The molecule has 0 aromatic heterocycles. The predicted molar refractivity (Wildman–Crippen MR) is 110 cm³/mol. The molecule has 6 heteroatoms. The lowest BCUT2D eigenvalue weighted by Gasteiger charge is -2.21. The Bertz CT molecular complexity index is 572. The van der Waals surface area contributed by atoms with Crippen molar-refractivity contribution < 1.29 is 14.2 Å². The first-order valence-electron chi connectivity index (χ1n) is 9.93. The minimum absolute atomic E-state index is 0.553. The highest BCUT2D eigenvalue weighted by Gasteiger charge is 2.24. The van der Waals surface area contributed by atoms with Crippen LogP contribution in [0.1, 0.15) is 24.5 Å². The van der Waals surface area contributed by atoms with Crippen molar-refractivity contribution in [3.05, 3.63) is 29.3 Å². The van der Waals surface area contributed by atoms with Gasteiger partial charge in [0.15, 0.2) is 5.96 Å². The highest BCUT2D eigenvalue weighted by molar-refractivity contribution is 5.80. The maximum atomic E-state index is 5.87. The van der Waals surface area contributed by atoms with E-state index in [2.05, 4.69) is 49.2 Å². The van der Waals surface area contributed by atoms with Crippen LogP contribution >= 0.6 is 0 Å². The second-order valence-corrected chi connectivity index (χ2v) is 7.08. The van der Waals surface area contributed by atoms with E-state index in [9.17, 15) is 0 Å². The molecule has 1 fully saturated rings. The quantitative estimate of drug-likeness (QED) is 0.386. The van der Waals surface area contributed by atoms with Crippen molar-refractivity contribution in [1.82, 2.24) is 10.2 Å². The van der Waals surface area contributed by atoms with Crippen molar-refractivity contribution in [3.8, 4) is 5.75 Å². The second kappa shape index (κ2) is 11.8. The summed E-state index contributed by atoms with van der Waals surface area (Å²) in [6.07, 6.45) is 1.14. The Morgan fingerprint density at radius 3 is 2.67 bits per heavy atom. The van der Waals surface area contributed by atoms with Crippen molar-refractivity contribution in [3.63, 3.8) is 0 Å². The van der Waals surface area contributed by atoms with Gasteiger partial charge in [-0.05, 0) is 50.5 Å². The molecular weight excluding hydrogens is 342 g/mol. The number of hydrogen-bond acceptors (Lipinski definition) is 4. The molecule has 0 radical (unpaired) electrons. The summed E-state index contributed by atoms with van der Waals surface area (Å²) in [6.45, 7) is 12.5. The maximum Gasteiger partial charge on any atom is 0.194 e. The molecule has 6 nitrogen and oxygen atoms in total. The molecule has 1 aromatic carbocycles. The molecule has 0 spiro atoms. The smallest absolute Gasteiger partial charge is 0.194 e. The molecular formula is C21H35N3O3. The summed E-state index contributed by atoms with van der Waals surface area (Å²) in [6, 6.07) is 6.28. The number of methoxy groups -OCH3 is 1. The van der Waals surface area contributed by atoms with E-state index in [1.807, 2.05) is 0 Å². The molecule has 0 amide bonds. The van der Waals surface area contributed by atoms with Crippen LogP contribution in [0.25, 0.3) is 0 Å². The zero-order valence-electron chi connectivity index (χ0n) is 17.3. The second-order valence-electron chi connectivity index (χ2n) is 7.08. The van der Waals surface area contributed by atoms with Gasteiger partial charge >= 0.3 is 0 Å². The Kier molecular flexibility index (Phi) is 9.42. The van der Waals surface area contributed by atoms with E-state index >= 15 is 0 Å². The van der Waals surface area contributed by atoms with Gasteiger partial charge in [0.2, 0.25) is 0 Å². The predicted octanol–water partition coefficient (Wildman–Crippen LogP) is 2.63. The fourth-order valence-corrected chi connectivity index (χ4v) is 3.31. The third-order valence-electron chi connectivity index (χ3n) is 4.52. The van der Waals surface area contributed by atoms with Crippen molar-refractivity contribution in [2.24, 2.45) is 10.9 Å². The van der Waals surface area contributed by atoms with E-state index in [1.165, 1.54) is 11.1 Å². The van der Waals surface area contributed by atoms with E-state index in [4.69, 9.17) is 19.2 Å². The average molecular weight is 378 g/mol. The Morgan fingerprint density at radius 1 is 1.19 bits per heavy atom. The molecule has 1 heterocycles. The number of guanidine groups is 1. The Balaban J connectivity index is 1.78. The first kappa shape index (κ1) is 21.5. The molecule has 1 N–H and O–H groups in total. The lowest BCUT2D eigenvalue weighted by Crippen LogP contribution is -2.40. The average Bonchev–Trinajstić information content (AvgIpc) is 3.09. The summed E-state index contributed by atoms with van der Waals surface area (Å²) in [4.78, 5) is 7.07. The number of likely N-dealkylation sites (tertiary alicyclic amines) is 1. The van der Waals surface area contributed by atoms with E-state index in [-0.39, 0.29) is 0 Å². The third-order valence-corrected chi connectivity index (χ3v) is 4.52. The highest BCUT2D eigenvalue weighted by Crippen LogP contribution is 2.17. The number of nitrogens with zero attached hydrogens (tertiary/aromatic N) is 2. The number of nitrogens with one attached hydrogen (secondary N) is 1. The first-order chi connectivity index (χ1) is 13.1. The summed E-state index contributed by atoms with van der Waals surface area (Å²) >= 11 is 0. The van der Waals surface area contributed by atoms with Crippen molar-refractivity contribution in [2.45, 2.75) is 27.2 Å². The van der Waals surface area contributed by atoms with Gasteiger partial charge in [0.05, 0.1) is 26.4 Å². The molecule has 2 rings (SSSR count). The molecule has 0 bridgehead atoms. The van der Waals surface area contributed by atoms with Gasteiger partial charge in [-0.1, -0.05) is 6.07 Å². The van der Waals surface area contributed by atoms with Crippen LogP contribution in [0.5, 0.6) is 5.75 Å². The minimum Gasteiger partial charge on any atom is -0.492 e. The zero-order chi connectivity index (χ0) is 19.5. The van der Waals surface area contributed by atoms with Gasteiger partial charge in [-0.25, -0.2) is 4.99 Å². The molecule has 1 saturated heterocycles. The van der Waals surface area contributed by atoms with Gasteiger partial charge in [0.25, 0.3) is 0 Å². The lowest BCUT2D eigenvalue weighted by atomic mass is 10.1. The molecule has 1 unspecified atom stereocenters. The van der Waals surface area contributed by atoms with Crippen LogP contribution in [0.4, 0.5) is 0 Å². The highest BCUT2D eigenvalue weighted by atomic mass is 16.5. The summed E-state index contributed by atoms with van der Waals surface area (Å²) < 4.78 is 16.6. The third kappa shape index (κ3) is 7.77. The van der Waals surface area contributed by atoms with Gasteiger partial charge in [-0.3, -0.25) is 0 Å². The standard InChI is InChI=1S/C21H35N3O3/c1-5-22-21(24-8-6-19(15-24)16-26-11-10-25-4)23-7-9-27-20-13-17(2)12-18(3)14-20/h12-14,19H,5-11,15-16H2,1-4H3,(H,22,23). The minimum atomic E-state index is 0.553. The van der Waals surface area contributed by atoms with Crippen LogP contribution in [0.15, 0.2) is 23.2 Å². The monoisotopic (exact) mass is 377 g/mol. The maximum absolute atomic E-state index is 5.87. The number of hydrogen-bond donors (Lipinski definition) is 1. The van der Waals surface area contributed by atoms with Crippen LogP contribution in [-0.2, 0) is 9.47 Å². The summed E-state index contributed by atoms with van der Waals surface area (Å²) in [7, 11) is 1.70. The Hall–Kier alpha value is -1.79. The molecule has 27 heavy (non-hydrogen) atoms. The molecule has 1 aliphatic rings. The fourth-order valence-electron chi connectivity index (χ4n) is 3.31. The van der Waals surface area contributed by atoms with Crippen LogP contribution in [0, 0.1) is 19.8 Å². The molecule has 0 saturated carbocycles. The summed E-state index contributed by atoms with van der Waals surface area (Å²) in [5.74, 6) is 2.44. The number of ether oxygens (including phenoxy) is 3. The Morgan fingerprint density at radius 2 is 1.96 bits per heavy atom.